The van der Waals surface area contributed by atoms with Gasteiger partial charge in [0.15, 0.2) is 0 Å². The van der Waals surface area contributed by atoms with Gasteiger partial charge in [-0.3, -0.25) is 0 Å². The van der Waals surface area contributed by atoms with Gasteiger partial charge in [-0.2, -0.15) is 5.54 Å². The van der Waals surface area contributed by atoms with E-state index >= 15 is 0 Å². The van der Waals surface area contributed by atoms with Crippen LogP contribution in [0, 0.1) is 6.92 Å². The monoisotopic (exact) mass is 127 g/mol. The van der Waals surface area contributed by atoms with E-state index < -0.39 is 0 Å². The quantitative estimate of drug-likeness (QED) is 0.573. The summed E-state index contributed by atoms with van der Waals surface area (Å²) in [5, 5.41) is 0. The van der Waals surface area contributed by atoms with Crippen LogP contribution in [0.1, 0.15) is 5.69 Å². The van der Waals surface area contributed by atoms with Crippen molar-refractivity contribution in [3.63, 3.8) is 0 Å². The molecule has 0 spiro atoms. The lowest BCUT2D eigenvalue weighted by Gasteiger charge is -1.92. The fourth-order valence-corrected chi connectivity index (χ4v) is 0.494. The molecule has 0 aliphatic carbocycles. The number of nitrogens with zero attached hydrogens (tertiary/aromatic N) is 2. The Labute approximate surface area is 51.9 Å². The summed E-state index contributed by atoms with van der Waals surface area (Å²) >= 11 is 0. The molecule has 0 atom stereocenters. The lowest BCUT2D eigenvalue weighted by atomic mass is 10.5. The van der Waals surface area contributed by atoms with E-state index in [0.717, 1.165) is 5.69 Å². The molecule has 0 aliphatic rings. The first-order valence-electron chi connectivity index (χ1n) is 2.49. The summed E-state index contributed by atoms with van der Waals surface area (Å²) in [5.41, 5.74) is 2.09. The van der Waals surface area contributed by atoms with E-state index in [4.69, 9.17) is 0 Å². The first-order valence-corrected chi connectivity index (χ1v) is 2.49. The zero-order chi connectivity index (χ0) is 6.69. The van der Waals surface area contributed by atoms with Gasteiger partial charge in [-0.05, 0) is 13.0 Å². The topological polar surface area (TPSA) is 37.8 Å². The SMILES string of the molecule is Cc1ccnc(NF)n1. The third-order valence-corrected chi connectivity index (χ3v) is 0.879. The van der Waals surface area contributed by atoms with Crippen molar-refractivity contribution < 1.29 is 4.48 Å². The molecule has 9 heavy (non-hydrogen) atoms. The highest BCUT2D eigenvalue weighted by atomic mass is 19.2. The summed E-state index contributed by atoms with van der Waals surface area (Å²) < 4.78 is 11.5. The maximum atomic E-state index is 11.5. The molecule has 1 aromatic heterocycles. The Balaban J connectivity index is 2.94. The van der Waals surface area contributed by atoms with Crippen molar-refractivity contribution in [1.82, 2.24) is 9.97 Å². The van der Waals surface area contributed by atoms with Crippen LogP contribution < -0.4 is 5.54 Å². The normalized spacial score (nSPS) is 9.11. The molecular formula is C5H6FN3. The van der Waals surface area contributed by atoms with E-state index in [1.165, 1.54) is 11.7 Å². The van der Waals surface area contributed by atoms with Crippen molar-refractivity contribution in [3.05, 3.63) is 18.0 Å². The molecule has 0 unspecified atom stereocenters. The molecule has 0 bridgehead atoms. The molecule has 0 saturated carbocycles. The lowest BCUT2D eigenvalue weighted by molar-refractivity contribution is 0.604. The van der Waals surface area contributed by atoms with Crippen LogP contribution in [0.15, 0.2) is 12.3 Å². The van der Waals surface area contributed by atoms with Gasteiger partial charge >= 0.3 is 0 Å². The van der Waals surface area contributed by atoms with Crippen molar-refractivity contribution in [3.8, 4) is 0 Å². The summed E-state index contributed by atoms with van der Waals surface area (Å²) in [7, 11) is 0. The molecule has 0 radical (unpaired) electrons. The third-order valence-electron chi connectivity index (χ3n) is 0.879. The molecule has 0 aliphatic heterocycles. The van der Waals surface area contributed by atoms with Crippen LogP contribution in [0.4, 0.5) is 10.4 Å². The average Bonchev–Trinajstić information content (AvgIpc) is 1.88. The van der Waals surface area contributed by atoms with E-state index in [1.54, 1.807) is 13.0 Å². The highest BCUT2D eigenvalue weighted by Crippen LogP contribution is 1.97. The highest BCUT2D eigenvalue weighted by molar-refractivity contribution is 5.20. The van der Waals surface area contributed by atoms with Crippen molar-refractivity contribution in [2.45, 2.75) is 6.92 Å². The summed E-state index contributed by atoms with van der Waals surface area (Å²) in [6, 6.07) is 1.70. The van der Waals surface area contributed by atoms with Crippen LogP contribution in [0.5, 0.6) is 0 Å². The van der Waals surface area contributed by atoms with E-state index in [9.17, 15) is 4.48 Å². The minimum Gasteiger partial charge on any atom is -0.220 e. The van der Waals surface area contributed by atoms with Crippen LogP contribution in [-0.4, -0.2) is 9.97 Å². The Morgan fingerprint density at radius 1 is 1.67 bits per heavy atom. The standard InChI is InChI=1S/C5H6FN3/c1-4-2-3-7-5(8-4)9-6/h2-3H,1H3,(H,7,8,9). The zero-order valence-electron chi connectivity index (χ0n) is 4.93. The van der Waals surface area contributed by atoms with Gasteiger partial charge in [0.2, 0.25) is 0 Å². The van der Waals surface area contributed by atoms with Crippen molar-refractivity contribution in [2.75, 3.05) is 5.54 Å². The number of nitrogens with one attached hydrogen (secondary N) is 1. The molecule has 3 nitrogen and oxygen atoms in total. The van der Waals surface area contributed by atoms with Crippen LogP contribution in [-0.2, 0) is 0 Å². The highest BCUT2D eigenvalue weighted by Gasteiger charge is 1.90. The Morgan fingerprint density at radius 3 is 2.89 bits per heavy atom. The number of halogens is 1. The van der Waals surface area contributed by atoms with Gasteiger partial charge in [-0.25, -0.2) is 9.97 Å². The maximum absolute atomic E-state index is 11.5. The fraction of sp³-hybridized carbons (Fsp3) is 0.200. The Bertz CT molecular complexity index is 201. The Morgan fingerprint density at radius 2 is 2.44 bits per heavy atom. The summed E-state index contributed by atoms with van der Waals surface area (Å²) in [4.78, 5) is 7.26. The molecule has 4 heteroatoms. The Hall–Kier alpha value is -1.19. The van der Waals surface area contributed by atoms with E-state index in [0.29, 0.717) is 0 Å². The molecule has 0 aromatic carbocycles. The molecular weight excluding hydrogens is 121 g/mol. The molecule has 0 saturated heterocycles. The number of hydrogen-bond donors (Lipinski definition) is 1. The zero-order valence-corrected chi connectivity index (χ0v) is 4.93. The maximum Gasteiger partial charge on any atom is 0.251 e. The second-order valence-electron chi connectivity index (χ2n) is 1.62. The molecule has 1 heterocycles. The minimum absolute atomic E-state index is 0.00926. The number of anilines is 1. The second kappa shape index (κ2) is 2.39. The van der Waals surface area contributed by atoms with Gasteiger partial charge in [0.25, 0.3) is 5.95 Å². The number of aryl methyl sites for hydroxylation is 1. The van der Waals surface area contributed by atoms with Gasteiger partial charge in [0, 0.05) is 11.9 Å². The van der Waals surface area contributed by atoms with Crippen LogP contribution in [0.3, 0.4) is 0 Å². The van der Waals surface area contributed by atoms with Gasteiger partial charge in [0.05, 0.1) is 0 Å². The smallest absolute Gasteiger partial charge is 0.220 e. The van der Waals surface area contributed by atoms with E-state index in [1.807, 2.05) is 0 Å². The number of rotatable bonds is 1. The molecule has 48 valence electrons. The van der Waals surface area contributed by atoms with Crippen molar-refractivity contribution in [1.29, 1.82) is 0 Å². The van der Waals surface area contributed by atoms with Gasteiger partial charge in [0.1, 0.15) is 0 Å². The minimum atomic E-state index is 0.00926. The van der Waals surface area contributed by atoms with Crippen LogP contribution >= 0.6 is 0 Å². The number of hydrogen-bond acceptors (Lipinski definition) is 3. The van der Waals surface area contributed by atoms with Crippen molar-refractivity contribution >= 4 is 5.95 Å². The summed E-state index contributed by atoms with van der Waals surface area (Å²) in [6.07, 6.45) is 1.49. The van der Waals surface area contributed by atoms with Crippen LogP contribution in [0.2, 0.25) is 0 Å². The average molecular weight is 127 g/mol. The van der Waals surface area contributed by atoms with Crippen molar-refractivity contribution in [2.24, 2.45) is 0 Å². The Kier molecular flexibility index (Phi) is 1.58. The first kappa shape index (κ1) is 5.94. The van der Waals surface area contributed by atoms with E-state index in [2.05, 4.69) is 9.97 Å². The molecule has 1 aromatic rings. The second-order valence-corrected chi connectivity index (χ2v) is 1.62. The van der Waals surface area contributed by atoms with Crippen LogP contribution in [0.25, 0.3) is 0 Å². The predicted octanol–water partition coefficient (Wildman–Crippen LogP) is 1.08. The first-order chi connectivity index (χ1) is 4.33. The third kappa shape index (κ3) is 1.35. The number of aromatic nitrogens is 2. The predicted molar refractivity (Wildman–Crippen MR) is 31.5 cm³/mol. The molecule has 0 fully saturated rings. The molecule has 1 rings (SSSR count). The fourth-order valence-electron chi connectivity index (χ4n) is 0.494. The van der Waals surface area contributed by atoms with Gasteiger partial charge < -0.3 is 0 Å². The largest absolute Gasteiger partial charge is 0.251 e. The van der Waals surface area contributed by atoms with E-state index in [-0.39, 0.29) is 5.95 Å². The summed E-state index contributed by atoms with van der Waals surface area (Å²) in [5.74, 6) is 0.00926. The van der Waals surface area contributed by atoms with Gasteiger partial charge in [-0.1, -0.05) is 0 Å². The van der Waals surface area contributed by atoms with Gasteiger partial charge in [-0.15, -0.1) is 4.48 Å². The molecule has 1 N–H and O–H groups in total. The lowest BCUT2D eigenvalue weighted by Crippen LogP contribution is -1.91. The molecule has 0 amide bonds. The summed E-state index contributed by atoms with van der Waals surface area (Å²) in [6.45, 7) is 1.77.